The Morgan fingerprint density at radius 2 is 1.67 bits per heavy atom. The maximum absolute atomic E-state index is 9.52. The van der Waals surface area contributed by atoms with E-state index in [4.69, 9.17) is 9.31 Å². The molecule has 1 N–H and O–H groups in total. The van der Waals surface area contributed by atoms with Crippen molar-refractivity contribution >= 4 is 24.3 Å². The molecule has 0 unspecified atom stereocenters. The first kappa shape index (κ1) is 13.8. The molecule has 0 aromatic heterocycles. The van der Waals surface area contributed by atoms with E-state index in [1.165, 1.54) is 0 Å². The molecular weight excluding hydrogens is 247 g/mol. The summed E-state index contributed by atoms with van der Waals surface area (Å²) in [7, 11) is -0.377. The van der Waals surface area contributed by atoms with Crippen molar-refractivity contribution in [2.75, 3.05) is 6.26 Å². The summed E-state index contributed by atoms with van der Waals surface area (Å²) in [4.78, 5) is 0.980. The third-order valence-corrected chi connectivity index (χ3v) is 4.52. The fourth-order valence-corrected chi connectivity index (χ4v) is 2.50. The molecule has 1 aromatic carbocycles. The molecule has 5 heteroatoms. The number of phenols is 1. The number of hydrogen-bond donors (Lipinski definition) is 1. The summed E-state index contributed by atoms with van der Waals surface area (Å²) in [5.74, 6) is 0.264. The van der Waals surface area contributed by atoms with Gasteiger partial charge in [-0.3, -0.25) is 0 Å². The topological polar surface area (TPSA) is 38.7 Å². The minimum absolute atomic E-state index is 0.264. The smallest absolute Gasteiger partial charge is 0.495 e. The first-order chi connectivity index (χ1) is 8.27. The van der Waals surface area contributed by atoms with Gasteiger partial charge in [-0.25, -0.2) is 0 Å². The quantitative estimate of drug-likeness (QED) is 0.659. The Bertz CT molecular complexity index is 444. The summed E-state index contributed by atoms with van der Waals surface area (Å²) in [5.41, 5.74) is 0.287. The highest BCUT2D eigenvalue weighted by molar-refractivity contribution is 7.98. The zero-order valence-corrected chi connectivity index (χ0v) is 12.3. The fourth-order valence-electron chi connectivity index (χ4n) is 1.86. The lowest BCUT2D eigenvalue weighted by atomic mass is 9.79. The van der Waals surface area contributed by atoms with Gasteiger partial charge >= 0.3 is 7.12 Å². The van der Waals surface area contributed by atoms with Crippen LogP contribution >= 0.6 is 11.8 Å². The summed E-state index contributed by atoms with van der Waals surface area (Å²) in [6.07, 6.45) is 1.98. The van der Waals surface area contributed by atoms with Crippen LogP contribution in [0.25, 0.3) is 0 Å². The van der Waals surface area contributed by atoms with E-state index >= 15 is 0 Å². The highest BCUT2D eigenvalue weighted by Crippen LogP contribution is 2.37. The van der Waals surface area contributed by atoms with Gasteiger partial charge in [0.2, 0.25) is 0 Å². The Morgan fingerprint density at radius 1 is 1.11 bits per heavy atom. The van der Waals surface area contributed by atoms with Crippen molar-refractivity contribution in [3.05, 3.63) is 18.2 Å². The maximum Gasteiger partial charge on any atom is 0.495 e. The average Bonchev–Trinajstić information content (AvgIpc) is 2.47. The number of benzene rings is 1. The molecule has 1 aliphatic heterocycles. The largest absolute Gasteiger partial charge is 0.508 e. The van der Waals surface area contributed by atoms with Crippen LogP contribution in [0.4, 0.5) is 0 Å². The SMILES string of the molecule is CSc1cc(O)ccc1B1OC(C)(C)C(C)(C)O1. The lowest BCUT2D eigenvalue weighted by Gasteiger charge is -2.32. The summed E-state index contributed by atoms with van der Waals surface area (Å²) in [6, 6.07) is 5.27. The Kier molecular flexibility index (Phi) is 3.43. The van der Waals surface area contributed by atoms with Crippen LogP contribution in [0.2, 0.25) is 0 Å². The van der Waals surface area contributed by atoms with E-state index in [9.17, 15) is 5.11 Å². The Hall–Kier alpha value is -0.645. The van der Waals surface area contributed by atoms with E-state index in [2.05, 4.69) is 0 Å². The summed E-state index contributed by atoms with van der Waals surface area (Å²) in [6.45, 7) is 8.14. The van der Waals surface area contributed by atoms with E-state index in [-0.39, 0.29) is 24.1 Å². The van der Waals surface area contributed by atoms with E-state index in [0.29, 0.717) is 0 Å². The van der Waals surface area contributed by atoms with Crippen molar-refractivity contribution in [3.8, 4) is 5.75 Å². The van der Waals surface area contributed by atoms with Crippen molar-refractivity contribution in [1.82, 2.24) is 0 Å². The molecule has 0 bridgehead atoms. The summed E-state index contributed by atoms with van der Waals surface area (Å²) < 4.78 is 12.0. The van der Waals surface area contributed by atoms with E-state index in [0.717, 1.165) is 10.4 Å². The molecule has 98 valence electrons. The number of rotatable bonds is 2. The van der Waals surface area contributed by atoms with Crippen LogP contribution in [-0.2, 0) is 9.31 Å². The summed E-state index contributed by atoms with van der Waals surface area (Å²) >= 11 is 1.58. The second kappa shape index (κ2) is 4.47. The molecule has 2 rings (SSSR count). The van der Waals surface area contributed by atoms with Crippen molar-refractivity contribution in [2.45, 2.75) is 43.8 Å². The number of aromatic hydroxyl groups is 1. The Labute approximate surface area is 113 Å². The predicted molar refractivity (Wildman–Crippen MR) is 75.6 cm³/mol. The molecule has 1 aromatic rings. The van der Waals surface area contributed by atoms with Gasteiger partial charge in [0.15, 0.2) is 0 Å². The predicted octanol–water partition coefficient (Wildman–Crippen LogP) is 2.41. The standard InChI is InChI=1S/C13H19BO3S/c1-12(2)13(3,4)17-14(16-12)10-7-6-9(15)8-11(10)18-5/h6-8,15H,1-5H3. The first-order valence-corrected chi connectivity index (χ1v) is 7.22. The van der Waals surface area contributed by atoms with Crippen molar-refractivity contribution < 1.29 is 14.4 Å². The number of thioether (sulfide) groups is 1. The third kappa shape index (κ3) is 2.27. The normalized spacial score (nSPS) is 21.3. The molecule has 0 spiro atoms. The van der Waals surface area contributed by atoms with E-state index < -0.39 is 0 Å². The van der Waals surface area contributed by atoms with Gasteiger partial charge < -0.3 is 14.4 Å². The van der Waals surface area contributed by atoms with Crippen LogP contribution in [0.15, 0.2) is 23.1 Å². The zero-order valence-electron chi connectivity index (χ0n) is 11.5. The van der Waals surface area contributed by atoms with E-state index in [1.54, 1.807) is 23.9 Å². The van der Waals surface area contributed by atoms with Crippen molar-refractivity contribution in [2.24, 2.45) is 0 Å². The molecular formula is C13H19BO3S. The minimum atomic E-state index is -0.377. The van der Waals surface area contributed by atoms with Gasteiger partial charge in [-0.15, -0.1) is 11.8 Å². The van der Waals surface area contributed by atoms with Crippen LogP contribution < -0.4 is 5.46 Å². The maximum atomic E-state index is 9.52. The molecule has 1 heterocycles. The third-order valence-electron chi connectivity index (χ3n) is 3.72. The highest BCUT2D eigenvalue weighted by Gasteiger charge is 2.52. The average molecular weight is 266 g/mol. The lowest BCUT2D eigenvalue weighted by molar-refractivity contribution is 0.00578. The zero-order chi connectivity index (χ0) is 13.6. The minimum Gasteiger partial charge on any atom is -0.508 e. The molecule has 0 atom stereocenters. The lowest BCUT2D eigenvalue weighted by Crippen LogP contribution is -2.41. The molecule has 18 heavy (non-hydrogen) atoms. The van der Waals surface area contributed by atoms with Gasteiger partial charge in [0.25, 0.3) is 0 Å². The molecule has 1 fully saturated rings. The summed E-state index contributed by atoms with van der Waals surface area (Å²) in [5, 5.41) is 9.52. The van der Waals surface area contributed by atoms with Crippen LogP contribution in [-0.4, -0.2) is 29.7 Å². The second-order valence-corrected chi connectivity index (χ2v) is 6.36. The van der Waals surface area contributed by atoms with Gasteiger partial charge in [0, 0.05) is 4.90 Å². The fraction of sp³-hybridized carbons (Fsp3) is 0.538. The molecule has 0 saturated carbocycles. The molecule has 0 aliphatic carbocycles. The first-order valence-electron chi connectivity index (χ1n) is 5.99. The van der Waals surface area contributed by atoms with Gasteiger partial charge in [0.05, 0.1) is 11.2 Å². The van der Waals surface area contributed by atoms with Crippen LogP contribution in [0.5, 0.6) is 5.75 Å². The highest BCUT2D eigenvalue weighted by atomic mass is 32.2. The van der Waals surface area contributed by atoms with Gasteiger partial charge in [-0.2, -0.15) is 0 Å². The van der Waals surface area contributed by atoms with Crippen LogP contribution in [0, 0.1) is 0 Å². The Balaban J connectivity index is 2.35. The molecule has 1 saturated heterocycles. The van der Waals surface area contributed by atoms with Gasteiger partial charge in [-0.1, -0.05) is 6.07 Å². The van der Waals surface area contributed by atoms with Gasteiger partial charge in [-0.05, 0) is 51.5 Å². The number of hydrogen-bond acceptors (Lipinski definition) is 4. The van der Waals surface area contributed by atoms with Gasteiger partial charge in [0.1, 0.15) is 5.75 Å². The van der Waals surface area contributed by atoms with Crippen molar-refractivity contribution in [1.29, 1.82) is 0 Å². The van der Waals surface area contributed by atoms with Crippen LogP contribution in [0.1, 0.15) is 27.7 Å². The number of phenolic OH excluding ortho intramolecular Hbond substituents is 1. The molecule has 0 amide bonds. The van der Waals surface area contributed by atoms with E-state index in [1.807, 2.05) is 40.0 Å². The monoisotopic (exact) mass is 266 g/mol. The molecule has 1 aliphatic rings. The second-order valence-electron chi connectivity index (χ2n) is 5.51. The van der Waals surface area contributed by atoms with Crippen molar-refractivity contribution in [3.63, 3.8) is 0 Å². The molecule has 0 radical (unpaired) electrons. The van der Waals surface area contributed by atoms with Crippen LogP contribution in [0.3, 0.4) is 0 Å². The molecule has 3 nitrogen and oxygen atoms in total. The Morgan fingerprint density at radius 3 is 2.17 bits per heavy atom.